The average Bonchev–Trinajstić information content (AvgIpc) is 2.41. The molecule has 0 aliphatic carbocycles. The third kappa shape index (κ3) is 5.54. The first kappa shape index (κ1) is 18.9. The molecule has 0 amide bonds. The third-order valence-corrected chi connectivity index (χ3v) is 3.98. The Kier molecular flexibility index (Phi) is 7.24. The number of nitrogens with zero attached hydrogens (tertiary/aromatic N) is 1. The van der Waals surface area contributed by atoms with Gasteiger partial charge in [-0.2, -0.15) is 24.9 Å². The van der Waals surface area contributed by atoms with Crippen LogP contribution < -0.4 is 5.32 Å². The van der Waals surface area contributed by atoms with Crippen LogP contribution in [0.1, 0.15) is 12.0 Å². The second kappa shape index (κ2) is 8.44. The Morgan fingerprint density at radius 1 is 1.36 bits per heavy atom. The normalized spacial score (nSPS) is 11.5. The van der Waals surface area contributed by atoms with Crippen molar-refractivity contribution in [1.29, 1.82) is 0 Å². The zero-order valence-corrected chi connectivity index (χ0v) is 12.9. The van der Waals surface area contributed by atoms with Crippen molar-refractivity contribution < 1.29 is 23.2 Å². The van der Waals surface area contributed by atoms with E-state index in [0.29, 0.717) is 24.8 Å². The summed E-state index contributed by atoms with van der Waals surface area (Å²) in [5.74, 6) is 1.32. The summed E-state index contributed by atoms with van der Waals surface area (Å²) in [5.41, 5.74) is -1.95. The summed E-state index contributed by atoms with van der Waals surface area (Å²) >= 11 is 7.07. The second-order valence-electron chi connectivity index (χ2n) is 4.22. The quantitative estimate of drug-likeness (QED) is 0.420. The van der Waals surface area contributed by atoms with Crippen molar-refractivity contribution in [1.82, 2.24) is 0 Å². The summed E-state index contributed by atoms with van der Waals surface area (Å²) in [7, 11) is 0. The fourth-order valence-electron chi connectivity index (χ4n) is 1.60. The highest BCUT2D eigenvalue weighted by Gasteiger charge is 2.36. The first-order valence-electron chi connectivity index (χ1n) is 6.25. The molecule has 5 nitrogen and oxygen atoms in total. The Balaban J connectivity index is 2.82. The van der Waals surface area contributed by atoms with E-state index in [-0.39, 0.29) is 12.3 Å². The molecule has 1 rings (SSSR count). The number of alkyl halides is 3. The molecule has 0 spiro atoms. The number of rotatable bonds is 8. The highest BCUT2D eigenvalue weighted by Crippen LogP contribution is 2.40. The average molecular weight is 359 g/mol. The zero-order valence-electron chi connectivity index (χ0n) is 11.3. The van der Waals surface area contributed by atoms with Gasteiger partial charge in [-0.1, -0.05) is 11.6 Å². The highest BCUT2D eigenvalue weighted by atomic mass is 35.5. The highest BCUT2D eigenvalue weighted by molar-refractivity contribution is 7.99. The molecule has 0 unspecified atom stereocenters. The fourth-order valence-corrected chi connectivity index (χ4v) is 2.65. The van der Waals surface area contributed by atoms with Crippen LogP contribution in [0.5, 0.6) is 0 Å². The zero-order chi connectivity index (χ0) is 16.8. The number of nitrogens with one attached hydrogen (secondary N) is 1. The van der Waals surface area contributed by atoms with E-state index in [0.717, 1.165) is 11.8 Å². The minimum atomic E-state index is -4.75. The number of aliphatic hydroxyl groups is 1. The monoisotopic (exact) mass is 358 g/mol. The molecular weight excluding hydrogens is 345 g/mol. The Morgan fingerprint density at radius 2 is 2.05 bits per heavy atom. The van der Waals surface area contributed by atoms with Crippen molar-refractivity contribution in [2.24, 2.45) is 0 Å². The van der Waals surface area contributed by atoms with Crippen LogP contribution in [-0.4, -0.2) is 34.7 Å². The van der Waals surface area contributed by atoms with Crippen molar-refractivity contribution in [3.8, 4) is 0 Å². The predicted molar refractivity (Wildman–Crippen MR) is 80.6 cm³/mol. The van der Waals surface area contributed by atoms with E-state index >= 15 is 0 Å². The molecule has 22 heavy (non-hydrogen) atoms. The number of nitro benzene ring substituents is 1. The number of nitro groups is 1. The van der Waals surface area contributed by atoms with Gasteiger partial charge in [0, 0.05) is 25.0 Å². The van der Waals surface area contributed by atoms with Gasteiger partial charge in [-0.05, 0) is 18.2 Å². The molecule has 0 aliphatic rings. The smallest absolute Gasteiger partial charge is 0.396 e. The van der Waals surface area contributed by atoms with Gasteiger partial charge in [0.25, 0.3) is 5.69 Å². The maximum Gasteiger partial charge on any atom is 0.418 e. The number of hydrogen-bond donors (Lipinski definition) is 2. The van der Waals surface area contributed by atoms with Gasteiger partial charge >= 0.3 is 6.18 Å². The number of hydrogen-bond acceptors (Lipinski definition) is 5. The summed E-state index contributed by atoms with van der Waals surface area (Å²) in [6.45, 7) is 0.416. The van der Waals surface area contributed by atoms with Gasteiger partial charge in [0.1, 0.15) is 5.69 Å². The molecule has 0 aliphatic heterocycles. The lowest BCUT2D eigenvalue weighted by Crippen LogP contribution is -2.10. The summed E-state index contributed by atoms with van der Waals surface area (Å²) in [5, 5.41) is 21.6. The second-order valence-corrected chi connectivity index (χ2v) is 5.85. The molecule has 0 bridgehead atoms. The first-order valence-corrected chi connectivity index (χ1v) is 7.78. The summed E-state index contributed by atoms with van der Waals surface area (Å²) in [6, 6.07) is 1.35. The van der Waals surface area contributed by atoms with Gasteiger partial charge in [0.05, 0.1) is 15.5 Å². The number of halogens is 4. The Morgan fingerprint density at radius 3 is 2.59 bits per heavy atom. The van der Waals surface area contributed by atoms with Crippen LogP contribution in [-0.2, 0) is 6.18 Å². The lowest BCUT2D eigenvalue weighted by molar-refractivity contribution is -0.384. The number of aliphatic hydroxyl groups excluding tert-OH is 1. The van der Waals surface area contributed by atoms with Crippen molar-refractivity contribution in [2.45, 2.75) is 12.6 Å². The lowest BCUT2D eigenvalue weighted by Gasteiger charge is -2.12. The van der Waals surface area contributed by atoms with Crippen LogP contribution in [0.3, 0.4) is 0 Å². The number of thioether (sulfide) groups is 1. The van der Waals surface area contributed by atoms with Crippen LogP contribution in [0.4, 0.5) is 24.5 Å². The molecule has 124 valence electrons. The summed E-state index contributed by atoms with van der Waals surface area (Å²) < 4.78 is 38.1. The van der Waals surface area contributed by atoms with Crippen LogP contribution in [0.25, 0.3) is 0 Å². The SMILES string of the molecule is O=[N+]([O-])c1cc(C(F)(F)F)c(Cl)cc1NCCSCCCO. The van der Waals surface area contributed by atoms with E-state index in [2.05, 4.69) is 5.32 Å². The molecular formula is C12H14ClF3N2O3S. The molecule has 0 fully saturated rings. The lowest BCUT2D eigenvalue weighted by atomic mass is 10.1. The maximum atomic E-state index is 12.7. The largest absolute Gasteiger partial charge is 0.418 e. The summed E-state index contributed by atoms with van der Waals surface area (Å²) in [6.07, 6.45) is -4.11. The molecule has 0 saturated heterocycles. The Hall–Kier alpha value is -1.19. The molecule has 1 aromatic rings. The summed E-state index contributed by atoms with van der Waals surface area (Å²) in [4.78, 5) is 10.0. The maximum absolute atomic E-state index is 12.7. The van der Waals surface area contributed by atoms with Gasteiger partial charge in [0.15, 0.2) is 0 Å². The Labute approximate surface area is 134 Å². The van der Waals surface area contributed by atoms with Crippen LogP contribution in [0, 0.1) is 10.1 Å². The van der Waals surface area contributed by atoms with E-state index in [1.807, 2.05) is 0 Å². The van der Waals surface area contributed by atoms with E-state index in [1.165, 1.54) is 11.8 Å². The molecule has 2 N–H and O–H groups in total. The van der Waals surface area contributed by atoms with Crippen LogP contribution in [0.15, 0.2) is 12.1 Å². The number of benzene rings is 1. The minimum Gasteiger partial charge on any atom is -0.396 e. The van der Waals surface area contributed by atoms with Crippen molar-refractivity contribution in [3.63, 3.8) is 0 Å². The molecule has 0 radical (unpaired) electrons. The van der Waals surface area contributed by atoms with Crippen LogP contribution >= 0.6 is 23.4 Å². The van der Waals surface area contributed by atoms with Crippen molar-refractivity contribution >= 4 is 34.7 Å². The molecule has 0 saturated carbocycles. The van der Waals surface area contributed by atoms with E-state index in [4.69, 9.17) is 16.7 Å². The molecule has 1 aromatic carbocycles. The predicted octanol–water partition coefficient (Wildman–Crippen LogP) is 3.79. The topological polar surface area (TPSA) is 75.4 Å². The van der Waals surface area contributed by atoms with Crippen molar-refractivity contribution in [2.75, 3.05) is 30.0 Å². The molecule has 0 atom stereocenters. The molecule has 10 heteroatoms. The molecule has 0 aromatic heterocycles. The van der Waals surface area contributed by atoms with Gasteiger partial charge in [-0.15, -0.1) is 0 Å². The molecule has 0 heterocycles. The van der Waals surface area contributed by atoms with Crippen LogP contribution in [0.2, 0.25) is 5.02 Å². The van der Waals surface area contributed by atoms with E-state index < -0.39 is 27.4 Å². The first-order chi connectivity index (χ1) is 10.3. The standard InChI is InChI=1S/C12H14ClF3N2O3S/c13-9-7-10(17-2-5-22-4-1-3-19)11(18(20)21)6-8(9)12(14,15)16/h6-7,17,19H,1-5H2. The number of anilines is 1. The van der Waals surface area contributed by atoms with Gasteiger partial charge < -0.3 is 10.4 Å². The van der Waals surface area contributed by atoms with E-state index in [1.54, 1.807) is 0 Å². The third-order valence-electron chi connectivity index (χ3n) is 2.60. The van der Waals surface area contributed by atoms with Gasteiger partial charge in [0.2, 0.25) is 0 Å². The fraction of sp³-hybridized carbons (Fsp3) is 0.500. The van der Waals surface area contributed by atoms with Crippen molar-refractivity contribution in [3.05, 3.63) is 32.8 Å². The Bertz CT molecular complexity index is 529. The minimum absolute atomic E-state index is 0.0502. The van der Waals surface area contributed by atoms with E-state index in [9.17, 15) is 23.3 Å². The van der Waals surface area contributed by atoms with Gasteiger partial charge in [-0.3, -0.25) is 10.1 Å². The van der Waals surface area contributed by atoms with Gasteiger partial charge in [-0.25, -0.2) is 0 Å².